The second-order valence-corrected chi connectivity index (χ2v) is 4.51. The molecule has 84 valence electrons. The van der Waals surface area contributed by atoms with Crippen molar-refractivity contribution in [1.29, 1.82) is 0 Å². The largest absolute Gasteiger partial charge is 0.269 e. The summed E-state index contributed by atoms with van der Waals surface area (Å²) in [6, 6.07) is 5.03. The van der Waals surface area contributed by atoms with Crippen molar-refractivity contribution in [3.63, 3.8) is 0 Å². The van der Waals surface area contributed by atoms with E-state index in [-0.39, 0.29) is 23.5 Å². The summed E-state index contributed by atoms with van der Waals surface area (Å²) in [6.07, 6.45) is 0. The zero-order chi connectivity index (χ0) is 10.9. The summed E-state index contributed by atoms with van der Waals surface area (Å²) >= 11 is 0. The summed E-state index contributed by atoms with van der Waals surface area (Å²) in [6.45, 7) is 8.21. The van der Waals surface area contributed by atoms with Gasteiger partial charge in [-0.3, -0.25) is 10.1 Å². The van der Waals surface area contributed by atoms with Crippen molar-refractivity contribution >= 4 is 5.69 Å². The van der Waals surface area contributed by atoms with E-state index in [0.29, 0.717) is 0 Å². The molecule has 0 aromatic heterocycles. The second kappa shape index (κ2) is 4.43. The molecular formula is C12H19NO2. The Labute approximate surface area is 91.3 Å². The average molecular weight is 209 g/mol. The van der Waals surface area contributed by atoms with E-state index < -0.39 is 0 Å². The maximum absolute atomic E-state index is 10.5. The van der Waals surface area contributed by atoms with Gasteiger partial charge >= 0.3 is 0 Å². The molecule has 0 aliphatic heterocycles. The third-order valence-corrected chi connectivity index (χ3v) is 2.23. The topological polar surface area (TPSA) is 43.1 Å². The third kappa shape index (κ3) is 3.05. The molecule has 0 heterocycles. The van der Waals surface area contributed by atoms with Crippen LogP contribution in [0.1, 0.15) is 39.3 Å². The van der Waals surface area contributed by atoms with Gasteiger partial charge in [0, 0.05) is 12.1 Å². The van der Waals surface area contributed by atoms with Gasteiger partial charge in [-0.25, -0.2) is 0 Å². The van der Waals surface area contributed by atoms with E-state index in [1.54, 1.807) is 12.1 Å². The second-order valence-electron chi connectivity index (χ2n) is 4.51. The van der Waals surface area contributed by atoms with Crippen LogP contribution in [0.4, 0.5) is 5.69 Å². The zero-order valence-corrected chi connectivity index (χ0v) is 9.00. The van der Waals surface area contributed by atoms with Crippen molar-refractivity contribution in [2.45, 2.75) is 40.5 Å². The first kappa shape index (κ1) is 13.6. The summed E-state index contributed by atoms with van der Waals surface area (Å²) < 4.78 is 0. The van der Waals surface area contributed by atoms with E-state index in [9.17, 15) is 10.1 Å². The predicted molar refractivity (Wildman–Crippen MR) is 63.3 cm³/mol. The summed E-state index contributed by atoms with van der Waals surface area (Å²) in [5.41, 5.74) is 2.34. The molecular weight excluding hydrogens is 190 g/mol. The van der Waals surface area contributed by atoms with Crippen LogP contribution in [-0.2, 0) is 5.41 Å². The van der Waals surface area contributed by atoms with Gasteiger partial charge in [-0.05, 0) is 23.5 Å². The summed E-state index contributed by atoms with van der Waals surface area (Å²) in [5, 5.41) is 10.5. The first-order chi connectivity index (χ1) is 6.32. The highest BCUT2D eigenvalue weighted by molar-refractivity contribution is 5.41. The molecule has 0 bridgehead atoms. The van der Waals surface area contributed by atoms with E-state index in [1.807, 2.05) is 13.0 Å². The Morgan fingerprint density at radius 3 is 2.13 bits per heavy atom. The molecule has 1 rings (SSSR count). The van der Waals surface area contributed by atoms with Gasteiger partial charge in [0.05, 0.1) is 4.92 Å². The molecule has 0 fully saturated rings. The van der Waals surface area contributed by atoms with Crippen LogP contribution in [0.3, 0.4) is 0 Å². The van der Waals surface area contributed by atoms with Gasteiger partial charge in [0.1, 0.15) is 0 Å². The number of aryl methyl sites for hydroxylation is 1. The number of benzene rings is 1. The van der Waals surface area contributed by atoms with Crippen molar-refractivity contribution in [1.82, 2.24) is 0 Å². The van der Waals surface area contributed by atoms with Crippen LogP contribution >= 0.6 is 0 Å². The zero-order valence-electron chi connectivity index (χ0n) is 9.00. The number of hydrogen-bond acceptors (Lipinski definition) is 2. The Morgan fingerprint density at radius 1 is 1.27 bits per heavy atom. The Kier molecular flexibility index (Phi) is 4.02. The fraction of sp³-hybridized carbons (Fsp3) is 0.500. The minimum atomic E-state index is -0.362. The predicted octanol–water partition coefficient (Wildman–Crippen LogP) is 3.84. The van der Waals surface area contributed by atoms with Crippen LogP contribution in [0, 0.1) is 17.0 Å². The van der Waals surface area contributed by atoms with Crippen molar-refractivity contribution in [3.8, 4) is 0 Å². The standard InChI is InChI=1S/C11H15NO2.CH4/c1-8-7-9(12(13)14)5-6-10(8)11(2,3)4;/h5-7H,1-4H3;1H4. The highest BCUT2D eigenvalue weighted by atomic mass is 16.6. The molecule has 0 saturated heterocycles. The van der Waals surface area contributed by atoms with Crippen LogP contribution in [0.2, 0.25) is 0 Å². The molecule has 0 atom stereocenters. The smallest absolute Gasteiger partial charge is 0.258 e. The molecule has 0 spiro atoms. The van der Waals surface area contributed by atoms with Gasteiger partial charge in [0.25, 0.3) is 5.69 Å². The lowest BCUT2D eigenvalue weighted by Gasteiger charge is -2.21. The Bertz CT molecular complexity index is 364. The SMILES string of the molecule is C.Cc1cc([N+](=O)[O-])ccc1C(C)(C)C. The molecule has 0 saturated carbocycles. The van der Waals surface area contributed by atoms with Gasteiger partial charge in [-0.1, -0.05) is 34.3 Å². The molecule has 3 nitrogen and oxygen atoms in total. The van der Waals surface area contributed by atoms with Crippen LogP contribution < -0.4 is 0 Å². The maximum atomic E-state index is 10.5. The molecule has 1 aromatic carbocycles. The monoisotopic (exact) mass is 209 g/mol. The molecule has 15 heavy (non-hydrogen) atoms. The number of non-ortho nitro benzene ring substituents is 1. The number of nitro groups is 1. The number of nitro benzene ring substituents is 1. The van der Waals surface area contributed by atoms with E-state index in [1.165, 1.54) is 0 Å². The summed E-state index contributed by atoms with van der Waals surface area (Å²) in [4.78, 5) is 10.2. The van der Waals surface area contributed by atoms with Crippen molar-refractivity contribution in [2.75, 3.05) is 0 Å². The van der Waals surface area contributed by atoms with Crippen LogP contribution in [-0.4, -0.2) is 4.92 Å². The fourth-order valence-corrected chi connectivity index (χ4v) is 1.60. The van der Waals surface area contributed by atoms with Crippen molar-refractivity contribution in [3.05, 3.63) is 39.4 Å². The highest BCUT2D eigenvalue weighted by Gasteiger charge is 2.18. The molecule has 1 aromatic rings. The highest BCUT2D eigenvalue weighted by Crippen LogP contribution is 2.27. The molecule has 3 heteroatoms. The van der Waals surface area contributed by atoms with Gasteiger partial charge in [-0.2, -0.15) is 0 Å². The fourth-order valence-electron chi connectivity index (χ4n) is 1.60. The first-order valence-electron chi connectivity index (χ1n) is 4.58. The lowest BCUT2D eigenvalue weighted by molar-refractivity contribution is -0.384. The molecule has 0 amide bonds. The molecule has 0 aliphatic carbocycles. The first-order valence-corrected chi connectivity index (χ1v) is 4.58. The van der Waals surface area contributed by atoms with Crippen molar-refractivity contribution < 1.29 is 4.92 Å². The Balaban J connectivity index is 0.00000196. The summed E-state index contributed by atoms with van der Waals surface area (Å²) in [5.74, 6) is 0. The molecule has 0 aliphatic rings. The molecule has 0 radical (unpaired) electrons. The van der Waals surface area contributed by atoms with Gasteiger partial charge in [0.2, 0.25) is 0 Å². The normalized spacial score (nSPS) is 10.7. The molecule has 0 unspecified atom stereocenters. The quantitative estimate of drug-likeness (QED) is 0.521. The van der Waals surface area contributed by atoms with Crippen molar-refractivity contribution in [2.24, 2.45) is 0 Å². The van der Waals surface area contributed by atoms with Crippen LogP contribution in [0.5, 0.6) is 0 Å². The number of nitrogens with zero attached hydrogens (tertiary/aromatic N) is 1. The average Bonchev–Trinajstić information content (AvgIpc) is 2.01. The van der Waals surface area contributed by atoms with Gasteiger partial charge in [0.15, 0.2) is 0 Å². The lowest BCUT2D eigenvalue weighted by atomic mass is 9.84. The number of hydrogen-bond donors (Lipinski definition) is 0. The molecule has 0 N–H and O–H groups in total. The van der Waals surface area contributed by atoms with E-state index >= 15 is 0 Å². The minimum Gasteiger partial charge on any atom is -0.258 e. The lowest BCUT2D eigenvalue weighted by Crippen LogP contribution is -2.12. The van der Waals surface area contributed by atoms with Gasteiger partial charge in [-0.15, -0.1) is 0 Å². The minimum absolute atomic E-state index is 0. The maximum Gasteiger partial charge on any atom is 0.269 e. The van der Waals surface area contributed by atoms with E-state index in [4.69, 9.17) is 0 Å². The summed E-state index contributed by atoms with van der Waals surface area (Å²) in [7, 11) is 0. The number of rotatable bonds is 1. The Morgan fingerprint density at radius 2 is 1.80 bits per heavy atom. The Hall–Kier alpha value is -1.38. The van der Waals surface area contributed by atoms with E-state index in [2.05, 4.69) is 20.8 Å². The van der Waals surface area contributed by atoms with Crippen LogP contribution in [0.15, 0.2) is 18.2 Å². The van der Waals surface area contributed by atoms with E-state index in [0.717, 1.165) is 11.1 Å². The van der Waals surface area contributed by atoms with Crippen LogP contribution in [0.25, 0.3) is 0 Å². The third-order valence-electron chi connectivity index (χ3n) is 2.23. The van der Waals surface area contributed by atoms with Gasteiger partial charge < -0.3 is 0 Å².